The summed E-state index contributed by atoms with van der Waals surface area (Å²) >= 11 is 0. The van der Waals surface area contributed by atoms with E-state index >= 15 is 0 Å². The third-order valence-corrected chi connectivity index (χ3v) is 6.49. The maximum Gasteiger partial charge on any atom is 0.332 e. The van der Waals surface area contributed by atoms with E-state index in [0.29, 0.717) is 30.0 Å². The number of H-pyrrole nitrogens is 1. The summed E-state index contributed by atoms with van der Waals surface area (Å²) in [5, 5.41) is 2.67. The van der Waals surface area contributed by atoms with E-state index in [1.54, 1.807) is 24.3 Å². The van der Waals surface area contributed by atoms with Gasteiger partial charge in [0, 0.05) is 29.4 Å². The van der Waals surface area contributed by atoms with Gasteiger partial charge in [-0.2, -0.15) is 8.42 Å². The van der Waals surface area contributed by atoms with Crippen LogP contribution in [-0.2, 0) is 23.2 Å². The Morgan fingerprint density at radius 2 is 1.71 bits per heavy atom. The lowest BCUT2D eigenvalue weighted by Crippen LogP contribution is -2.32. The van der Waals surface area contributed by atoms with Crippen molar-refractivity contribution in [3.05, 3.63) is 122 Å². The molecule has 0 bridgehead atoms. The predicted octanol–water partition coefficient (Wildman–Crippen LogP) is 3.48. The van der Waals surface area contributed by atoms with Crippen molar-refractivity contribution in [2.24, 2.45) is 0 Å². The Balaban J connectivity index is 1.45. The van der Waals surface area contributed by atoms with Gasteiger partial charge >= 0.3 is 15.9 Å². The van der Waals surface area contributed by atoms with E-state index < -0.39 is 32.3 Å². The highest BCUT2D eigenvalue weighted by Crippen LogP contribution is 2.17. The summed E-state index contributed by atoms with van der Waals surface area (Å²) in [5.74, 6) is 0.196. The summed E-state index contributed by atoms with van der Waals surface area (Å²) in [6, 6.07) is 18.6. The number of aromatic nitrogens is 2. The molecule has 0 saturated carbocycles. The van der Waals surface area contributed by atoms with Crippen molar-refractivity contribution < 1.29 is 21.8 Å². The fraction of sp³-hybridized carbons (Fsp3) is 0.148. The van der Waals surface area contributed by atoms with E-state index in [4.69, 9.17) is 4.74 Å². The molecule has 0 spiro atoms. The Morgan fingerprint density at radius 3 is 2.37 bits per heavy atom. The molecule has 0 unspecified atom stereocenters. The van der Waals surface area contributed by atoms with Crippen molar-refractivity contribution >= 4 is 21.8 Å². The Hall–Kier alpha value is -4.51. The molecule has 0 aliphatic heterocycles. The van der Waals surface area contributed by atoms with Crippen LogP contribution >= 0.6 is 0 Å². The second kappa shape index (κ2) is 11.3. The Morgan fingerprint density at radius 1 is 1.00 bits per heavy atom. The van der Waals surface area contributed by atoms with E-state index in [9.17, 15) is 26.7 Å². The molecule has 3 aromatic carbocycles. The van der Waals surface area contributed by atoms with Gasteiger partial charge in [-0.05, 0) is 66.6 Å². The van der Waals surface area contributed by atoms with Gasteiger partial charge in [-0.3, -0.25) is 19.1 Å². The van der Waals surface area contributed by atoms with E-state index in [1.807, 2.05) is 31.2 Å². The zero-order valence-electron chi connectivity index (χ0n) is 20.3. The number of ether oxygens (including phenoxy) is 1. The van der Waals surface area contributed by atoms with Crippen LogP contribution in [-0.4, -0.2) is 30.5 Å². The van der Waals surface area contributed by atoms with Crippen LogP contribution < -0.4 is 21.3 Å². The summed E-state index contributed by atoms with van der Waals surface area (Å²) in [7, 11) is -4.84. The summed E-state index contributed by atoms with van der Waals surface area (Å²) < 4.78 is 41.8. The first-order valence-corrected chi connectivity index (χ1v) is 13.0. The molecule has 0 atom stereocenters. The zero-order valence-corrected chi connectivity index (χ0v) is 21.1. The molecule has 196 valence electrons. The molecule has 1 heterocycles. The molecule has 38 heavy (non-hydrogen) atoms. The van der Waals surface area contributed by atoms with Crippen molar-refractivity contribution in [1.29, 1.82) is 0 Å². The minimum atomic E-state index is -4.84. The molecule has 2 N–H and O–H groups in total. The topological polar surface area (TPSA) is 127 Å². The molecule has 0 saturated heterocycles. The quantitative estimate of drug-likeness (QED) is 0.315. The van der Waals surface area contributed by atoms with Gasteiger partial charge in [0.15, 0.2) is 0 Å². The molecular formula is C27H24FN3O6S. The van der Waals surface area contributed by atoms with Crippen LogP contribution in [0, 0.1) is 0 Å². The minimum Gasteiger partial charge on any atom is -0.494 e. The summed E-state index contributed by atoms with van der Waals surface area (Å²) in [6.45, 7) is 2.60. The number of hydrogen-bond acceptors (Lipinski definition) is 6. The maximum absolute atomic E-state index is 13.0. The average molecular weight is 538 g/mol. The molecule has 9 nitrogen and oxygen atoms in total. The van der Waals surface area contributed by atoms with Gasteiger partial charge in [0.05, 0.1) is 18.0 Å². The number of hydrogen-bond donors (Lipinski definition) is 2. The van der Waals surface area contributed by atoms with Gasteiger partial charge in [0.2, 0.25) is 0 Å². The zero-order chi connectivity index (χ0) is 27.3. The highest BCUT2D eigenvalue weighted by molar-refractivity contribution is 7.86. The second-order valence-corrected chi connectivity index (χ2v) is 9.76. The number of halogens is 1. The van der Waals surface area contributed by atoms with Gasteiger partial charge in [0.1, 0.15) is 5.75 Å². The lowest BCUT2D eigenvalue weighted by molar-refractivity contribution is 0.102. The SMILES string of the molecule is CCOc1cccc(Cc2cn(Cc3ccc(NC(=O)c4ccc(S(=O)(=O)F)cc4)cc3)c(=O)[nH]c2=O)c1. The summed E-state index contributed by atoms with van der Waals surface area (Å²) in [6.07, 6.45) is 1.85. The summed E-state index contributed by atoms with van der Waals surface area (Å²) in [4.78, 5) is 39.1. The monoisotopic (exact) mass is 537 g/mol. The smallest absolute Gasteiger partial charge is 0.332 e. The molecule has 0 aliphatic carbocycles. The van der Waals surface area contributed by atoms with Crippen molar-refractivity contribution in [3.8, 4) is 5.75 Å². The summed E-state index contributed by atoms with van der Waals surface area (Å²) in [5.41, 5.74) is 1.66. The predicted molar refractivity (Wildman–Crippen MR) is 140 cm³/mol. The fourth-order valence-corrected chi connectivity index (χ4v) is 4.25. The first kappa shape index (κ1) is 26.6. The molecule has 4 rings (SSSR count). The number of nitrogens with zero attached hydrogens (tertiary/aromatic N) is 1. The lowest BCUT2D eigenvalue weighted by Gasteiger charge is -2.10. The maximum atomic E-state index is 13.0. The van der Waals surface area contributed by atoms with E-state index in [0.717, 1.165) is 23.3 Å². The van der Waals surface area contributed by atoms with Crippen LogP contribution in [0.5, 0.6) is 5.75 Å². The fourth-order valence-electron chi connectivity index (χ4n) is 3.79. The van der Waals surface area contributed by atoms with E-state index in [-0.39, 0.29) is 12.1 Å². The second-order valence-electron chi connectivity index (χ2n) is 8.41. The molecule has 1 amide bonds. The standard InChI is InChI=1S/C27H24FN3O6S/c1-2-37-23-5-3-4-19(15-23)14-21-17-31(27(34)30-26(21)33)16-18-6-10-22(11-7-18)29-25(32)20-8-12-24(13-9-20)38(28,35)36/h3-13,15,17H,2,14,16H2,1H3,(H,29,32)(H,30,33,34). The number of carbonyl (C=O) groups excluding carboxylic acids is 1. The Labute approximate surface area is 217 Å². The van der Waals surface area contributed by atoms with E-state index in [1.165, 1.54) is 22.9 Å². The van der Waals surface area contributed by atoms with Gasteiger partial charge in [-0.15, -0.1) is 3.89 Å². The number of anilines is 1. The highest BCUT2D eigenvalue weighted by Gasteiger charge is 2.13. The van der Waals surface area contributed by atoms with Gasteiger partial charge in [-0.1, -0.05) is 24.3 Å². The lowest BCUT2D eigenvalue weighted by atomic mass is 10.1. The Kier molecular flexibility index (Phi) is 7.87. The van der Waals surface area contributed by atoms with Crippen molar-refractivity contribution in [1.82, 2.24) is 9.55 Å². The van der Waals surface area contributed by atoms with Crippen LogP contribution in [0.4, 0.5) is 9.57 Å². The highest BCUT2D eigenvalue weighted by atomic mass is 32.3. The third-order valence-electron chi connectivity index (χ3n) is 5.65. The van der Waals surface area contributed by atoms with Crippen LogP contribution in [0.2, 0.25) is 0 Å². The third kappa shape index (κ3) is 6.62. The van der Waals surface area contributed by atoms with Crippen molar-refractivity contribution in [3.63, 3.8) is 0 Å². The average Bonchev–Trinajstić information content (AvgIpc) is 2.88. The number of benzene rings is 3. The largest absolute Gasteiger partial charge is 0.494 e. The molecule has 4 aromatic rings. The van der Waals surface area contributed by atoms with Crippen molar-refractivity contribution in [2.45, 2.75) is 24.8 Å². The number of nitrogens with one attached hydrogen (secondary N) is 2. The number of amides is 1. The number of aromatic amines is 1. The molecule has 1 aromatic heterocycles. The number of carbonyl (C=O) groups is 1. The van der Waals surface area contributed by atoms with Gasteiger partial charge in [0.25, 0.3) is 11.5 Å². The van der Waals surface area contributed by atoms with Crippen LogP contribution in [0.3, 0.4) is 0 Å². The van der Waals surface area contributed by atoms with Crippen LogP contribution in [0.25, 0.3) is 0 Å². The minimum absolute atomic E-state index is 0.153. The number of rotatable bonds is 9. The Bertz CT molecular complexity index is 1680. The molecular weight excluding hydrogens is 513 g/mol. The van der Waals surface area contributed by atoms with Crippen molar-refractivity contribution in [2.75, 3.05) is 11.9 Å². The normalized spacial score (nSPS) is 11.2. The molecule has 0 aliphatic rings. The first-order valence-electron chi connectivity index (χ1n) is 11.6. The molecule has 0 fully saturated rings. The van der Waals surface area contributed by atoms with Gasteiger partial charge < -0.3 is 10.1 Å². The van der Waals surface area contributed by atoms with E-state index in [2.05, 4.69) is 10.3 Å². The van der Waals surface area contributed by atoms with Crippen LogP contribution in [0.1, 0.15) is 34.0 Å². The van der Waals surface area contributed by atoms with Crippen LogP contribution in [0.15, 0.2) is 93.5 Å². The first-order chi connectivity index (χ1) is 18.1. The van der Waals surface area contributed by atoms with Gasteiger partial charge in [-0.25, -0.2) is 4.79 Å². The molecule has 0 radical (unpaired) electrons. The molecule has 11 heteroatoms.